The van der Waals surface area contributed by atoms with Crippen molar-refractivity contribution >= 4 is 5.82 Å². The van der Waals surface area contributed by atoms with Gasteiger partial charge in [-0.2, -0.15) is 10.4 Å². The van der Waals surface area contributed by atoms with Crippen molar-refractivity contribution in [3.63, 3.8) is 0 Å². The van der Waals surface area contributed by atoms with E-state index in [2.05, 4.69) is 16.3 Å². The van der Waals surface area contributed by atoms with Crippen LogP contribution in [0.25, 0.3) is 0 Å². The van der Waals surface area contributed by atoms with Crippen LogP contribution < -0.4 is 14.4 Å². The number of benzene rings is 1. The van der Waals surface area contributed by atoms with Gasteiger partial charge in [0.15, 0.2) is 5.82 Å². The number of aliphatic hydroxyl groups is 1. The molecule has 1 N–H and O–H groups in total. The standard InChI is InChI=1S/C20H24N4O3/c1-13-14(2)22-23-19(18(13)12-21)24-7-5-20(25,6-8-24)15-9-16(26-3)11-17(10-15)27-4/h9-11,25H,5-8H2,1-4H3. The quantitative estimate of drug-likeness (QED) is 0.886. The van der Waals surface area contributed by atoms with E-state index in [0.29, 0.717) is 48.8 Å². The van der Waals surface area contributed by atoms with Gasteiger partial charge < -0.3 is 19.5 Å². The molecule has 0 unspecified atom stereocenters. The molecule has 0 bridgehead atoms. The summed E-state index contributed by atoms with van der Waals surface area (Å²) in [5, 5.41) is 29.2. The number of nitrogens with zero attached hydrogens (tertiary/aromatic N) is 4. The molecule has 3 rings (SSSR count). The van der Waals surface area contributed by atoms with Gasteiger partial charge >= 0.3 is 0 Å². The highest BCUT2D eigenvalue weighted by Crippen LogP contribution is 2.38. The Morgan fingerprint density at radius 2 is 1.67 bits per heavy atom. The zero-order valence-electron chi connectivity index (χ0n) is 16.1. The summed E-state index contributed by atoms with van der Waals surface area (Å²) in [5.74, 6) is 1.88. The summed E-state index contributed by atoms with van der Waals surface area (Å²) < 4.78 is 10.6. The minimum atomic E-state index is -0.988. The summed E-state index contributed by atoms with van der Waals surface area (Å²) >= 11 is 0. The maximum Gasteiger partial charge on any atom is 0.169 e. The summed E-state index contributed by atoms with van der Waals surface area (Å²) in [5.41, 5.74) is 1.94. The molecule has 0 spiro atoms. The van der Waals surface area contributed by atoms with Gasteiger partial charge in [-0.3, -0.25) is 0 Å². The molecule has 0 radical (unpaired) electrons. The van der Waals surface area contributed by atoms with Crippen molar-refractivity contribution in [2.24, 2.45) is 0 Å². The van der Waals surface area contributed by atoms with Crippen LogP contribution in [0.5, 0.6) is 11.5 Å². The van der Waals surface area contributed by atoms with Crippen LogP contribution in [0.4, 0.5) is 5.82 Å². The van der Waals surface area contributed by atoms with Gasteiger partial charge in [-0.05, 0) is 49.9 Å². The third kappa shape index (κ3) is 3.53. The number of nitriles is 1. The van der Waals surface area contributed by atoms with E-state index >= 15 is 0 Å². The summed E-state index contributed by atoms with van der Waals surface area (Å²) in [4.78, 5) is 2.02. The maximum atomic E-state index is 11.2. The number of hydrogen-bond acceptors (Lipinski definition) is 7. The molecule has 7 heteroatoms. The van der Waals surface area contributed by atoms with Crippen molar-refractivity contribution in [3.05, 3.63) is 40.6 Å². The molecule has 1 aromatic heterocycles. The first-order valence-corrected chi connectivity index (χ1v) is 8.86. The molecule has 1 aliphatic rings. The van der Waals surface area contributed by atoms with Crippen LogP contribution in [0.2, 0.25) is 0 Å². The van der Waals surface area contributed by atoms with Crippen molar-refractivity contribution in [3.8, 4) is 17.6 Å². The van der Waals surface area contributed by atoms with Crippen LogP contribution in [-0.2, 0) is 5.60 Å². The Morgan fingerprint density at radius 1 is 1.07 bits per heavy atom. The predicted molar refractivity (Wildman–Crippen MR) is 101 cm³/mol. The molecule has 1 aliphatic heterocycles. The lowest BCUT2D eigenvalue weighted by Crippen LogP contribution is -2.43. The van der Waals surface area contributed by atoms with Gasteiger partial charge in [-0.25, -0.2) is 0 Å². The molecule has 0 aliphatic carbocycles. The van der Waals surface area contributed by atoms with E-state index in [1.807, 2.05) is 30.9 Å². The van der Waals surface area contributed by atoms with E-state index < -0.39 is 5.60 Å². The number of aryl methyl sites for hydroxylation is 1. The van der Waals surface area contributed by atoms with E-state index in [0.717, 1.165) is 16.8 Å². The largest absolute Gasteiger partial charge is 0.497 e. The van der Waals surface area contributed by atoms with Crippen LogP contribution in [0.15, 0.2) is 18.2 Å². The molecule has 1 saturated heterocycles. The maximum absolute atomic E-state index is 11.2. The summed E-state index contributed by atoms with van der Waals surface area (Å²) in [6.45, 7) is 4.87. The minimum Gasteiger partial charge on any atom is -0.497 e. The second-order valence-corrected chi connectivity index (χ2v) is 6.84. The Bertz CT molecular complexity index is 861. The SMILES string of the molecule is COc1cc(OC)cc(C2(O)CCN(c3nnc(C)c(C)c3C#N)CC2)c1. The molecular formula is C20H24N4O3. The Labute approximate surface area is 159 Å². The number of rotatable bonds is 4. The Kier molecular flexibility index (Phi) is 5.19. The van der Waals surface area contributed by atoms with E-state index in [1.54, 1.807) is 20.3 Å². The van der Waals surface area contributed by atoms with Gasteiger partial charge in [0, 0.05) is 19.2 Å². The monoisotopic (exact) mass is 368 g/mol. The number of hydrogen-bond donors (Lipinski definition) is 1. The summed E-state index contributed by atoms with van der Waals surface area (Å²) in [6.07, 6.45) is 1.01. The zero-order chi connectivity index (χ0) is 19.6. The van der Waals surface area contributed by atoms with E-state index in [-0.39, 0.29) is 0 Å². The third-order valence-electron chi connectivity index (χ3n) is 5.33. The fourth-order valence-corrected chi connectivity index (χ4v) is 3.40. The number of ether oxygens (including phenoxy) is 2. The number of piperidine rings is 1. The lowest BCUT2D eigenvalue weighted by molar-refractivity contribution is 0.0112. The van der Waals surface area contributed by atoms with Crippen molar-refractivity contribution in [1.82, 2.24) is 10.2 Å². The molecule has 27 heavy (non-hydrogen) atoms. The molecule has 2 heterocycles. The van der Waals surface area contributed by atoms with Gasteiger partial charge in [-0.15, -0.1) is 5.10 Å². The van der Waals surface area contributed by atoms with E-state index in [9.17, 15) is 10.4 Å². The molecule has 0 saturated carbocycles. The summed E-state index contributed by atoms with van der Waals surface area (Å²) in [6, 6.07) is 7.71. The number of anilines is 1. The highest BCUT2D eigenvalue weighted by atomic mass is 16.5. The molecule has 0 amide bonds. The van der Waals surface area contributed by atoms with Crippen LogP contribution >= 0.6 is 0 Å². The molecule has 0 atom stereocenters. The van der Waals surface area contributed by atoms with Crippen LogP contribution in [0.1, 0.15) is 35.2 Å². The number of methoxy groups -OCH3 is 2. The molecular weight excluding hydrogens is 344 g/mol. The van der Waals surface area contributed by atoms with Crippen molar-refractivity contribution in [2.45, 2.75) is 32.3 Å². The highest BCUT2D eigenvalue weighted by Gasteiger charge is 2.36. The second-order valence-electron chi connectivity index (χ2n) is 6.84. The average Bonchev–Trinajstić information content (AvgIpc) is 2.70. The normalized spacial score (nSPS) is 15.9. The smallest absolute Gasteiger partial charge is 0.169 e. The van der Waals surface area contributed by atoms with Gasteiger partial charge in [-0.1, -0.05) is 0 Å². The van der Waals surface area contributed by atoms with Gasteiger partial charge in [0.05, 0.1) is 25.5 Å². The van der Waals surface area contributed by atoms with Gasteiger partial charge in [0.2, 0.25) is 0 Å². The van der Waals surface area contributed by atoms with Crippen LogP contribution in [-0.4, -0.2) is 42.6 Å². The molecule has 1 fully saturated rings. The van der Waals surface area contributed by atoms with Crippen molar-refractivity contribution in [1.29, 1.82) is 5.26 Å². The van der Waals surface area contributed by atoms with Crippen molar-refractivity contribution < 1.29 is 14.6 Å². The van der Waals surface area contributed by atoms with E-state index in [1.165, 1.54) is 0 Å². The Hall–Kier alpha value is -2.85. The molecule has 1 aromatic carbocycles. The first-order valence-electron chi connectivity index (χ1n) is 8.86. The minimum absolute atomic E-state index is 0.503. The van der Waals surface area contributed by atoms with Gasteiger partial charge in [0.1, 0.15) is 23.1 Å². The Balaban J connectivity index is 1.85. The number of aromatic nitrogens is 2. The molecule has 7 nitrogen and oxygen atoms in total. The fraction of sp³-hybridized carbons (Fsp3) is 0.450. The van der Waals surface area contributed by atoms with Crippen molar-refractivity contribution in [2.75, 3.05) is 32.2 Å². The lowest BCUT2D eigenvalue weighted by atomic mass is 9.84. The molecule has 2 aromatic rings. The first-order chi connectivity index (χ1) is 12.9. The summed E-state index contributed by atoms with van der Waals surface area (Å²) in [7, 11) is 3.18. The average molecular weight is 368 g/mol. The lowest BCUT2D eigenvalue weighted by Gasteiger charge is -2.39. The topological polar surface area (TPSA) is 91.5 Å². The zero-order valence-corrected chi connectivity index (χ0v) is 16.1. The van der Waals surface area contributed by atoms with Gasteiger partial charge in [0.25, 0.3) is 0 Å². The first kappa shape index (κ1) is 18.9. The second kappa shape index (κ2) is 7.41. The third-order valence-corrected chi connectivity index (χ3v) is 5.33. The van der Waals surface area contributed by atoms with Crippen LogP contribution in [0.3, 0.4) is 0 Å². The van der Waals surface area contributed by atoms with Crippen LogP contribution in [0, 0.1) is 25.2 Å². The highest BCUT2D eigenvalue weighted by molar-refractivity contribution is 5.58. The van der Waals surface area contributed by atoms with E-state index in [4.69, 9.17) is 9.47 Å². The Morgan fingerprint density at radius 3 is 2.19 bits per heavy atom. The fourth-order valence-electron chi connectivity index (χ4n) is 3.40. The predicted octanol–water partition coefficient (Wildman–Crippen LogP) is 2.47. The molecule has 142 valence electrons.